The van der Waals surface area contributed by atoms with Crippen LogP contribution in [0.15, 0.2) is 24.3 Å². The van der Waals surface area contributed by atoms with Crippen LogP contribution in [-0.2, 0) is 9.53 Å². The molecule has 3 unspecified atom stereocenters. The molecular weight excluding hydrogens is 286 g/mol. The number of halogens is 1. The maximum atomic E-state index is 12.6. The van der Waals surface area contributed by atoms with Crippen molar-refractivity contribution in [2.45, 2.75) is 45.6 Å². The van der Waals surface area contributed by atoms with Gasteiger partial charge in [0.05, 0.1) is 6.61 Å². The first-order valence-electron chi connectivity index (χ1n) is 7.70. The second kappa shape index (κ2) is 6.69. The quantitative estimate of drug-likeness (QED) is 0.832. The van der Waals surface area contributed by atoms with E-state index >= 15 is 0 Å². The van der Waals surface area contributed by atoms with E-state index in [1.54, 1.807) is 0 Å². The van der Waals surface area contributed by atoms with Crippen molar-refractivity contribution in [3.63, 3.8) is 0 Å². The molecule has 0 heterocycles. The molecule has 0 aliphatic heterocycles. The van der Waals surface area contributed by atoms with E-state index in [1.165, 1.54) is 0 Å². The molecule has 0 spiro atoms. The Hall–Kier alpha value is -1.22. The predicted molar refractivity (Wildman–Crippen MR) is 86.6 cm³/mol. The third-order valence-corrected chi connectivity index (χ3v) is 4.93. The number of rotatable bonds is 4. The molecule has 3 nitrogen and oxygen atoms in total. The van der Waals surface area contributed by atoms with Crippen LogP contribution in [0, 0.1) is 11.8 Å². The SMILES string of the molecule is CCOC(=O)C1(Nc2cccc(Cl)c2)CCCC(C)C1C. The molecule has 0 aromatic heterocycles. The average molecular weight is 310 g/mol. The van der Waals surface area contributed by atoms with Crippen molar-refractivity contribution in [2.75, 3.05) is 11.9 Å². The molecular formula is C17H24ClNO2. The van der Waals surface area contributed by atoms with Gasteiger partial charge in [-0.3, -0.25) is 0 Å². The van der Waals surface area contributed by atoms with Crippen LogP contribution in [0.2, 0.25) is 5.02 Å². The van der Waals surface area contributed by atoms with E-state index in [0.29, 0.717) is 17.5 Å². The Morgan fingerprint density at radius 1 is 1.48 bits per heavy atom. The summed E-state index contributed by atoms with van der Waals surface area (Å²) in [7, 11) is 0. The summed E-state index contributed by atoms with van der Waals surface area (Å²) >= 11 is 6.06. The molecule has 1 aromatic carbocycles. The lowest BCUT2D eigenvalue weighted by molar-refractivity contribution is -0.152. The first-order valence-corrected chi connectivity index (χ1v) is 8.08. The van der Waals surface area contributed by atoms with Crippen molar-refractivity contribution in [3.8, 4) is 0 Å². The molecule has 116 valence electrons. The van der Waals surface area contributed by atoms with E-state index in [0.717, 1.165) is 24.9 Å². The van der Waals surface area contributed by atoms with Crippen LogP contribution < -0.4 is 5.32 Å². The van der Waals surface area contributed by atoms with Gasteiger partial charge in [-0.25, -0.2) is 4.79 Å². The van der Waals surface area contributed by atoms with Gasteiger partial charge in [-0.2, -0.15) is 0 Å². The fourth-order valence-corrected chi connectivity index (χ4v) is 3.46. The summed E-state index contributed by atoms with van der Waals surface area (Å²) in [6.07, 6.45) is 2.97. The number of hydrogen-bond acceptors (Lipinski definition) is 3. The van der Waals surface area contributed by atoms with Gasteiger partial charge in [-0.1, -0.05) is 44.4 Å². The van der Waals surface area contributed by atoms with Crippen molar-refractivity contribution in [1.29, 1.82) is 0 Å². The minimum absolute atomic E-state index is 0.149. The molecule has 0 amide bonds. The highest BCUT2D eigenvalue weighted by molar-refractivity contribution is 6.30. The zero-order valence-electron chi connectivity index (χ0n) is 13.0. The van der Waals surface area contributed by atoms with E-state index in [1.807, 2.05) is 31.2 Å². The molecule has 1 saturated carbocycles. The summed E-state index contributed by atoms with van der Waals surface area (Å²) < 4.78 is 5.37. The Morgan fingerprint density at radius 3 is 2.90 bits per heavy atom. The first kappa shape index (κ1) is 16.2. The van der Waals surface area contributed by atoms with Crippen LogP contribution in [0.1, 0.15) is 40.0 Å². The summed E-state index contributed by atoms with van der Waals surface area (Å²) in [6.45, 7) is 6.59. The molecule has 1 aliphatic rings. The van der Waals surface area contributed by atoms with Crippen LogP contribution in [0.3, 0.4) is 0 Å². The van der Waals surface area contributed by atoms with Gasteiger partial charge in [0.25, 0.3) is 0 Å². The summed E-state index contributed by atoms with van der Waals surface area (Å²) in [6, 6.07) is 7.52. The van der Waals surface area contributed by atoms with Crippen LogP contribution in [-0.4, -0.2) is 18.1 Å². The molecule has 3 atom stereocenters. The maximum Gasteiger partial charge on any atom is 0.332 e. The first-order chi connectivity index (χ1) is 9.99. The van der Waals surface area contributed by atoms with E-state index in [9.17, 15) is 4.79 Å². The topological polar surface area (TPSA) is 38.3 Å². The van der Waals surface area contributed by atoms with E-state index < -0.39 is 5.54 Å². The Balaban J connectivity index is 2.33. The molecule has 4 heteroatoms. The third-order valence-electron chi connectivity index (χ3n) is 4.69. The number of anilines is 1. The van der Waals surface area contributed by atoms with Crippen molar-refractivity contribution >= 4 is 23.3 Å². The largest absolute Gasteiger partial charge is 0.464 e. The van der Waals surface area contributed by atoms with Crippen molar-refractivity contribution in [2.24, 2.45) is 11.8 Å². The molecule has 0 radical (unpaired) electrons. The lowest BCUT2D eigenvalue weighted by atomic mass is 9.68. The van der Waals surface area contributed by atoms with Gasteiger partial charge >= 0.3 is 5.97 Å². The van der Waals surface area contributed by atoms with Gasteiger partial charge in [-0.05, 0) is 43.4 Å². The minimum atomic E-state index is -0.654. The zero-order chi connectivity index (χ0) is 15.5. The van der Waals surface area contributed by atoms with Crippen molar-refractivity contribution in [1.82, 2.24) is 0 Å². The highest BCUT2D eigenvalue weighted by atomic mass is 35.5. The zero-order valence-corrected chi connectivity index (χ0v) is 13.7. The number of ether oxygens (including phenoxy) is 1. The Labute approximate surface area is 132 Å². The lowest BCUT2D eigenvalue weighted by Crippen LogP contribution is -2.56. The number of carbonyl (C=O) groups excluding carboxylic acids is 1. The predicted octanol–water partition coefficient (Wildman–Crippen LogP) is 4.51. The fraction of sp³-hybridized carbons (Fsp3) is 0.588. The average Bonchev–Trinajstić information content (AvgIpc) is 2.44. The third kappa shape index (κ3) is 3.34. The minimum Gasteiger partial charge on any atom is -0.464 e. The number of esters is 1. The highest BCUT2D eigenvalue weighted by Gasteiger charge is 2.48. The normalized spacial score (nSPS) is 29.0. The monoisotopic (exact) mass is 309 g/mol. The summed E-state index contributed by atoms with van der Waals surface area (Å²) in [5.41, 5.74) is 0.217. The lowest BCUT2D eigenvalue weighted by Gasteiger charge is -2.44. The van der Waals surface area contributed by atoms with Gasteiger partial charge in [0.1, 0.15) is 5.54 Å². The molecule has 2 rings (SSSR count). The van der Waals surface area contributed by atoms with Crippen LogP contribution >= 0.6 is 11.6 Å². The van der Waals surface area contributed by atoms with Crippen molar-refractivity contribution in [3.05, 3.63) is 29.3 Å². The molecule has 21 heavy (non-hydrogen) atoms. The second-order valence-electron chi connectivity index (χ2n) is 5.99. The standard InChI is InChI=1S/C17H24ClNO2/c1-4-21-16(20)17(10-6-7-12(2)13(17)3)19-15-9-5-8-14(18)11-15/h5,8-9,11-13,19H,4,6-7,10H2,1-3H3. The second-order valence-corrected chi connectivity index (χ2v) is 6.42. The molecule has 1 aromatic rings. The summed E-state index contributed by atoms with van der Waals surface area (Å²) in [4.78, 5) is 12.6. The molecule has 0 bridgehead atoms. The van der Waals surface area contributed by atoms with Crippen LogP contribution in [0.5, 0.6) is 0 Å². The number of benzene rings is 1. The number of nitrogens with one attached hydrogen (secondary N) is 1. The summed E-state index contributed by atoms with van der Waals surface area (Å²) in [5.74, 6) is 0.545. The van der Waals surface area contributed by atoms with Crippen LogP contribution in [0.4, 0.5) is 5.69 Å². The van der Waals surface area contributed by atoms with Gasteiger partial charge < -0.3 is 10.1 Å². The van der Waals surface area contributed by atoms with Crippen LogP contribution in [0.25, 0.3) is 0 Å². The number of carbonyl (C=O) groups is 1. The Kier molecular flexibility index (Phi) is 5.15. The van der Waals surface area contributed by atoms with Gasteiger partial charge in [0.2, 0.25) is 0 Å². The van der Waals surface area contributed by atoms with E-state index in [4.69, 9.17) is 16.3 Å². The molecule has 0 saturated heterocycles. The molecule has 1 aliphatic carbocycles. The van der Waals surface area contributed by atoms with Gasteiger partial charge in [0.15, 0.2) is 0 Å². The smallest absolute Gasteiger partial charge is 0.332 e. The summed E-state index contributed by atoms with van der Waals surface area (Å²) in [5, 5.41) is 4.10. The maximum absolute atomic E-state index is 12.6. The van der Waals surface area contributed by atoms with Gasteiger partial charge in [-0.15, -0.1) is 0 Å². The fourth-order valence-electron chi connectivity index (χ4n) is 3.27. The highest BCUT2D eigenvalue weighted by Crippen LogP contribution is 2.41. The van der Waals surface area contributed by atoms with E-state index in [-0.39, 0.29) is 11.9 Å². The Morgan fingerprint density at radius 2 is 2.24 bits per heavy atom. The molecule has 1 fully saturated rings. The van der Waals surface area contributed by atoms with Gasteiger partial charge in [0, 0.05) is 10.7 Å². The Bertz CT molecular complexity index is 505. The molecule has 1 N–H and O–H groups in total. The van der Waals surface area contributed by atoms with Crippen molar-refractivity contribution < 1.29 is 9.53 Å². The number of hydrogen-bond donors (Lipinski definition) is 1. The van der Waals surface area contributed by atoms with E-state index in [2.05, 4.69) is 19.2 Å².